The number of benzene rings is 2. The van der Waals surface area contributed by atoms with Crippen LogP contribution < -0.4 is 15.4 Å². The molecule has 0 spiro atoms. The Kier molecular flexibility index (Phi) is 6.45. The maximum absolute atomic E-state index is 12.6. The van der Waals surface area contributed by atoms with E-state index in [4.69, 9.17) is 11.6 Å². The molecule has 0 aliphatic carbocycles. The summed E-state index contributed by atoms with van der Waals surface area (Å²) in [5.74, 6) is -0.824. The van der Waals surface area contributed by atoms with Gasteiger partial charge in [0, 0.05) is 11.7 Å². The van der Waals surface area contributed by atoms with Crippen molar-refractivity contribution in [2.75, 3.05) is 16.3 Å². The van der Waals surface area contributed by atoms with Gasteiger partial charge in [0.05, 0.1) is 28.1 Å². The molecule has 7 nitrogen and oxygen atoms in total. The van der Waals surface area contributed by atoms with Crippen molar-refractivity contribution in [1.82, 2.24) is 5.32 Å². The molecule has 2 aromatic rings. The van der Waals surface area contributed by atoms with Gasteiger partial charge in [-0.1, -0.05) is 23.7 Å². The third-order valence-electron chi connectivity index (χ3n) is 3.36. The molecule has 3 N–H and O–H groups in total. The molecule has 0 bridgehead atoms. The van der Waals surface area contributed by atoms with Gasteiger partial charge in [-0.3, -0.25) is 14.3 Å². The van der Waals surface area contributed by atoms with Crippen molar-refractivity contribution in [3.8, 4) is 0 Å². The Morgan fingerprint density at radius 3 is 2.26 bits per heavy atom. The Labute approximate surface area is 163 Å². The van der Waals surface area contributed by atoms with Crippen molar-refractivity contribution in [3.05, 3.63) is 58.6 Å². The van der Waals surface area contributed by atoms with Gasteiger partial charge in [0.2, 0.25) is 10.0 Å². The normalized spacial score (nSPS) is 11.1. The van der Waals surface area contributed by atoms with E-state index < -0.39 is 15.9 Å². The highest BCUT2D eigenvalue weighted by Crippen LogP contribution is 2.24. The van der Waals surface area contributed by atoms with Crippen molar-refractivity contribution in [3.63, 3.8) is 0 Å². The zero-order chi connectivity index (χ0) is 20.2. The van der Waals surface area contributed by atoms with Gasteiger partial charge in [0.15, 0.2) is 0 Å². The van der Waals surface area contributed by atoms with Gasteiger partial charge >= 0.3 is 0 Å². The molecule has 27 heavy (non-hydrogen) atoms. The van der Waals surface area contributed by atoms with Crippen LogP contribution in [0.1, 0.15) is 34.6 Å². The first-order valence-electron chi connectivity index (χ1n) is 8.05. The number of sulfonamides is 1. The Balaban J connectivity index is 2.24. The molecule has 0 aliphatic rings. The summed E-state index contributed by atoms with van der Waals surface area (Å²) < 4.78 is 24.8. The van der Waals surface area contributed by atoms with Crippen LogP contribution in [0.25, 0.3) is 0 Å². The Bertz CT molecular complexity index is 974. The van der Waals surface area contributed by atoms with Crippen LogP contribution in [0.5, 0.6) is 0 Å². The minimum Gasteiger partial charge on any atom is -0.350 e. The lowest BCUT2D eigenvalue weighted by atomic mass is 10.1. The predicted octanol–water partition coefficient (Wildman–Crippen LogP) is 3.10. The standard InChI is InChI=1S/C18H20ClN3O4S/c1-11(2)20-18(24)14-6-4-5-7-16(14)21-17(23)13-9-8-12(10-15(13)19)22-27(3,25)26/h4-11,22H,1-3H3,(H,20,24)(H,21,23). The smallest absolute Gasteiger partial charge is 0.257 e. The predicted molar refractivity (Wildman–Crippen MR) is 107 cm³/mol. The molecular formula is C18H20ClN3O4S. The SMILES string of the molecule is CC(C)NC(=O)c1ccccc1NC(=O)c1ccc(NS(C)(=O)=O)cc1Cl. The van der Waals surface area contributed by atoms with E-state index in [1.807, 2.05) is 13.8 Å². The highest BCUT2D eigenvalue weighted by molar-refractivity contribution is 7.92. The summed E-state index contributed by atoms with van der Waals surface area (Å²) in [7, 11) is -3.45. The number of halogens is 1. The highest BCUT2D eigenvalue weighted by atomic mass is 35.5. The average molecular weight is 410 g/mol. The first-order valence-corrected chi connectivity index (χ1v) is 10.3. The van der Waals surface area contributed by atoms with Crippen molar-refractivity contribution in [2.24, 2.45) is 0 Å². The summed E-state index contributed by atoms with van der Waals surface area (Å²) >= 11 is 6.12. The zero-order valence-electron chi connectivity index (χ0n) is 15.0. The second-order valence-electron chi connectivity index (χ2n) is 6.20. The molecule has 2 amide bonds. The molecule has 0 atom stereocenters. The second-order valence-corrected chi connectivity index (χ2v) is 8.35. The van der Waals surface area contributed by atoms with Crippen LogP contribution in [-0.2, 0) is 10.0 Å². The lowest BCUT2D eigenvalue weighted by Gasteiger charge is -2.14. The van der Waals surface area contributed by atoms with E-state index in [2.05, 4.69) is 15.4 Å². The number of hydrogen-bond donors (Lipinski definition) is 3. The Hall–Kier alpha value is -2.58. The molecule has 9 heteroatoms. The maximum Gasteiger partial charge on any atom is 0.257 e. The fourth-order valence-electron chi connectivity index (χ4n) is 2.30. The molecule has 0 saturated heterocycles. The number of para-hydroxylation sites is 1. The third kappa shape index (κ3) is 5.97. The van der Waals surface area contributed by atoms with Gasteiger partial charge in [0.1, 0.15) is 0 Å². The highest BCUT2D eigenvalue weighted by Gasteiger charge is 2.17. The van der Waals surface area contributed by atoms with Gasteiger partial charge in [0.25, 0.3) is 11.8 Å². The maximum atomic E-state index is 12.6. The Morgan fingerprint density at radius 2 is 1.67 bits per heavy atom. The largest absolute Gasteiger partial charge is 0.350 e. The first-order chi connectivity index (χ1) is 12.6. The summed E-state index contributed by atoms with van der Waals surface area (Å²) in [5.41, 5.74) is 1.06. The van der Waals surface area contributed by atoms with Crippen molar-refractivity contribution < 1.29 is 18.0 Å². The monoisotopic (exact) mass is 409 g/mol. The van der Waals surface area contributed by atoms with Gasteiger partial charge in [-0.25, -0.2) is 8.42 Å². The van der Waals surface area contributed by atoms with Crippen LogP contribution in [0, 0.1) is 0 Å². The van der Waals surface area contributed by atoms with Crippen molar-refractivity contribution in [2.45, 2.75) is 19.9 Å². The molecule has 0 heterocycles. The van der Waals surface area contributed by atoms with Crippen LogP contribution in [0.2, 0.25) is 5.02 Å². The molecule has 0 unspecified atom stereocenters. The fourth-order valence-corrected chi connectivity index (χ4v) is 3.12. The van der Waals surface area contributed by atoms with Crippen molar-refractivity contribution >= 4 is 44.8 Å². The average Bonchev–Trinajstić information content (AvgIpc) is 2.53. The number of carbonyl (C=O) groups is 2. The molecule has 2 aromatic carbocycles. The van der Waals surface area contributed by atoms with Gasteiger partial charge in [-0.15, -0.1) is 0 Å². The molecular weight excluding hydrogens is 390 g/mol. The quantitative estimate of drug-likeness (QED) is 0.681. The number of carbonyl (C=O) groups excluding carboxylic acids is 2. The van der Waals surface area contributed by atoms with Crippen LogP contribution in [-0.4, -0.2) is 32.5 Å². The second kappa shape index (κ2) is 8.41. The number of anilines is 2. The minimum absolute atomic E-state index is 0.0504. The number of hydrogen-bond acceptors (Lipinski definition) is 4. The summed E-state index contributed by atoms with van der Waals surface area (Å²) in [6, 6.07) is 10.7. The topological polar surface area (TPSA) is 104 Å². The summed E-state index contributed by atoms with van der Waals surface area (Å²) in [5, 5.41) is 5.51. The molecule has 0 aromatic heterocycles. The first kappa shape index (κ1) is 20.7. The number of rotatable bonds is 6. The van der Waals surface area contributed by atoms with Gasteiger partial charge in [-0.05, 0) is 44.2 Å². The van der Waals surface area contributed by atoms with E-state index in [0.29, 0.717) is 11.3 Å². The van der Waals surface area contributed by atoms with Crippen molar-refractivity contribution in [1.29, 1.82) is 0 Å². The fraction of sp³-hybridized carbons (Fsp3) is 0.222. The van der Waals surface area contributed by atoms with Crippen LogP contribution in [0.3, 0.4) is 0 Å². The molecule has 0 saturated carbocycles. The molecule has 0 aliphatic heterocycles. The lowest BCUT2D eigenvalue weighted by Crippen LogP contribution is -2.31. The van der Waals surface area contributed by atoms with Crippen LogP contribution >= 0.6 is 11.6 Å². The summed E-state index contributed by atoms with van der Waals surface area (Å²) in [4.78, 5) is 24.8. The van der Waals surface area contributed by atoms with Crippen LogP contribution in [0.15, 0.2) is 42.5 Å². The molecule has 0 radical (unpaired) electrons. The van der Waals surface area contributed by atoms with E-state index in [1.165, 1.54) is 18.2 Å². The zero-order valence-corrected chi connectivity index (χ0v) is 16.6. The molecule has 144 valence electrons. The third-order valence-corrected chi connectivity index (χ3v) is 4.28. The summed E-state index contributed by atoms with van der Waals surface area (Å²) in [6.07, 6.45) is 1.01. The Morgan fingerprint density at radius 1 is 1.00 bits per heavy atom. The van der Waals surface area contributed by atoms with E-state index in [1.54, 1.807) is 24.3 Å². The van der Waals surface area contributed by atoms with E-state index in [9.17, 15) is 18.0 Å². The van der Waals surface area contributed by atoms with Gasteiger partial charge < -0.3 is 10.6 Å². The van der Waals surface area contributed by atoms with Gasteiger partial charge in [-0.2, -0.15) is 0 Å². The number of nitrogens with one attached hydrogen (secondary N) is 3. The van der Waals surface area contributed by atoms with E-state index in [-0.39, 0.29) is 28.2 Å². The molecule has 0 fully saturated rings. The molecule has 2 rings (SSSR count). The van der Waals surface area contributed by atoms with Crippen LogP contribution in [0.4, 0.5) is 11.4 Å². The minimum atomic E-state index is -3.45. The van der Waals surface area contributed by atoms with E-state index in [0.717, 1.165) is 6.26 Å². The van der Waals surface area contributed by atoms with E-state index >= 15 is 0 Å². The lowest BCUT2D eigenvalue weighted by molar-refractivity contribution is 0.0944. The summed E-state index contributed by atoms with van der Waals surface area (Å²) in [6.45, 7) is 3.68. The number of amides is 2.